The molecule has 0 unspecified atom stereocenters. The SMILES string of the molecule is CC(=N/N=C1\NC(=O)[C@@H](CC(=O)O)S1)c1csc2ccccc12. The highest BCUT2D eigenvalue weighted by Crippen LogP contribution is 2.26. The number of carboxylic acid groups (broad SMARTS) is 1. The zero-order valence-electron chi connectivity index (χ0n) is 12.1. The molecule has 0 radical (unpaired) electrons. The van der Waals surface area contributed by atoms with Crippen molar-refractivity contribution in [1.82, 2.24) is 5.32 Å². The minimum atomic E-state index is -1.01. The molecule has 0 saturated carbocycles. The van der Waals surface area contributed by atoms with Gasteiger partial charge in [-0.3, -0.25) is 9.59 Å². The Kier molecular flexibility index (Phi) is 4.44. The molecule has 23 heavy (non-hydrogen) atoms. The van der Waals surface area contributed by atoms with Gasteiger partial charge in [0.15, 0.2) is 5.17 Å². The second kappa shape index (κ2) is 6.51. The van der Waals surface area contributed by atoms with E-state index >= 15 is 0 Å². The van der Waals surface area contributed by atoms with Crippen LogP contribution in [0.15, 0.2) is 39.8 Å². The van der Waals surface area contributed by atoms with Gasteiger partial charge in [-0.15, -0.1) is 16.4 Å². The number of benzene rings is 1. The number of nitrogens with zero attached hydrogens (tertiary/aromatic N) is 2. The Balaban J connectivity index is 1.79. The topological polar surface area (TPSA) is 91.1 Å². The normalized spacial score (nSPS) is 20.2. The summed E-state index contributed by atoms with van der Waals surface area (Å²) < 4.78 is 1.18. The Hall–Kier alpha value is -2.19. The fourth-order valence-electron chi connectivity index (χ4n) is 2.18. The van der Waals surface area contributed by atoms with Crippen LogP contribution >= 0.6 is 23.1 Å². The maximum absolute atomic E-state index is 11.6. The standard InChI is InChI=1S/C15H13N3O3S2/c1-8(10-7-22-11-5-3-2-4-9(10)11)17-18-15-16-14(21)12(23-15)6-13(19)20/h2-5,7,12H,6H2,1H3,(H,19,20)(H,16,18,21)/t12-/m1/s1. The molecule has 1 amide bonds. The summed E-state index contributed by atoms with van der Waals surface area (Å²) in [6.07, 6.45) is -0.229. The van der Waals surface area contributed by atoms with Crippen LogP contribution < -0.4 is 5.32 Å². The third kappa shape index (κ3) is 3.43. The van der Waals surface area contributed by atoms with Gasteiger partial charge in [-0.1, -0.05) is 30.0 Å². The molecule has 2 heterocycles. The maximum Gasteiger partial charge on any atom is 0.305 e. The van der Waals surface area contributed by atoms with Crippen LogP contribution in [0.4, 0.5) is 0 Å². The second-order valence-corrected chi connectivity index (χ2v) is 7.03. The number of carbonyl (C=O) groups is 2. The minimum absolute atomic E-state index is 0.229. The summed E-state index contributed by atoms with van der Waals surface area (Å²) in [7, 11) is 0. The molecule has 118 valence electrons. The van der Waals surface area contributed by atoms with Gasteiger partial charge in [-0.25, -0.2) is 0 Å². The Bertz CT molecular complexity index is 841. The highest BCUT2D eigenvalue weighted by atomic mass is 32.2. The molecule has 1 aromatic heterocycles. The van der Waals surface area contributed by atoms with E-state index in [9.17, 15) is 9.59 Å². The van der Waals surface area contributed by atoms with Crippen LogP contribution in [0.1, 0.15) is 18.9 Å². The van der Waals surface area contributed by atoms with Crippen molar-refractivity contribution in [3.8, 4) is 0 Å². The summed E-state index contributed by atoms with van der Waals surface area (Å²) in [5.41, 5.74) is 1.75. The van der Waals surface area contributed by atoms with E-state index in [1.54, 1.807) is 11.3 Å². The lowest BCUT2D eigenvalue weighted by atomic mass is 10.1. The predicted octanol–water partition coefficient (Wildman–Crippen LogP) is 2.69. The van der Waals surface area contributed by atoms with Gasteiger partial charge in [-0.05, 0) is 13.0 Å². The number of thioether (sulfide) groups is 1. The molecule has 0 bridgehead atoms. The van der Waals surface area contributed by atoms with Crippen molar-refractivity contribution in [2.24, 2.45) is 10.2 Å². The lowest BCUT2D eigenvalue weighted by Gasteiger charge is -1.98. The largest absolute Gasteiger partial charge is 0.481 e. The molecule has 2 N–H and O–H groups in total. The molecule has 6 nitrogen and oxygen atoms in total. The molecule has 0 aliphatic carbocycles. The first-order chi connectivity index (χ1) is 11.0. The van der Waals surface area contributed by atoms with Crippen LogP contribution in [0, 0.1) is 0 Å². The van der Waals surface area contributed by atoms with Gasteiger partial charge in [0.1, 0.15) is 5.25 Å². The van der Waals surface area contributed by atoms with E-state index in [4.69, 9.17) is 5.11 Å². The number of hydrogen-bond acceptors (Lipinski definition) is 6. The summed E-state index contributed by atoms with van der Waals surface area (Å²) in [5, 5.41) is 22.4. The molecule has 1 fully saturated rings. The van der Waals surface area contributed by atoms with E-state index in [1.165, 1.54) is 4.70 Å². The van der Waals surface area contributed by atoms with Gasteiger partial charge >= 0.3 is 5.97 Å². The molecule has 1 aliphatic rings. The number of hydrogen-bond donors (Lipinski definition) is 2. The molecule has 2 aromatic rings. The molecule has 3 rings (SSSR count). The van der Waals surface area contributed by atoms with E-state index in [2.05, 4.69) is 15.5 Å². The predicted molar refractivity (Wildman–Crippen MR) is 93.2 cm³/mol. The van der Waals surface area contributed by atoms with Gasteiger partial charge in [-0.2, -0.15) is 5.10 Å². The average molecular weight is 347 g/mol. The van der Waals surface area contributed by atoms with Crippen LogP contribution in [0.3, 0.4) is 0 Å². The quantitative estimate of drug-likeness (QED) is 0.657. The molecule has 8 heteroatoms. The first-order valence-electron chi connectivity index (χ1n) is 6.83. The van der Waals surface area contributed by atoms with E-state index in [-0.39, 0.29) is 12.3 Å². The Morgan fingerprint density at radius 3 is 2.96 bits per heavy atom. The molecule has 0 spiro atoms. The molecular weight excluding hydrogens is 334 g/mol. The van der Waals surface area contributed by atoms with Gasteiger partial charge < -0.3 is 10.4 Å². The van der Waals surface area contributed by atoms with Crippen LogP contribution in [0.2, 0.25) is 0 Å². The summed E-state index contributed by atoms with van der Waals surface area (Å²) in [4.78, 5) is 22.3. The fraction of sp³-hybridized carbons (Fsp3) is 0.200. The smallest absolute Gasteiger partial charge is 0.305 e. The lowest BCUT2D eigenvalue weighted by Crippen LogP contribution is -2.26. The molecule has 1 aromatic carbocycles. The lowest BCUT2D eigenvalue weighted by molar-refractivity contribution is -0.138. The van der Waals surface area contributed by atoms with E-state index in [1.807, 2.05) is 36.6 Å². The highest BCUT2D eigenvalue weighted by Gasteiger charge is 2.32. The number of carbonyl (C=O) groups excluding carboxylic acids is 1. The number of amides is 1. The van der Waals surface area contributed by atoms with Gasteiger partial charge in [0.25, 0.3) is 0 Å². The van der Waals surface area contributed by atoms with E-state index in [0.29, 0.717) is 5.17 Å². The summed E-state index contributed by atoms with van der Waals surface area (Å²) in [5.74, 6) is -1.35. The Morgan fingerprint density at radius 1 is 1.39 bits per heavy atom. The highest BCUT2D eigenvalue weighted by molar-refractivity contribution is 8.15. The van der Waals surface area contributed by atoms with Gasteiger partial charge in [0.05, 0.1) is 12.1 Å². The van der Waals surface area contributed by atoms with Crippen molar-refractivity contribution in [1.29, 1.82) is 0 Å². The van der Waals surface area contributed by atoms with Crippen LogP contribution in [0.5, 0.6) is 0 Å². The van der Waals surface area contributed by atoms with Crippen molar-refractivity contribution in [3.63, 3.8) is 0 Å². The molecule has 1 saturated heterocycles. The van der Waals surface area contributed by atoms with Crippen molar-refractivity contribution in [3.05, 3.63) is 35.2 Å². The monoisotopic (exact) mass is 347 g/mol. The van der Waals surface area contributed by atoms with E-state index < -0.39 is 11.2 Å². The zero-order chi connectivity index (χ0) is 16.4. The van der Waals surface area contributed by atoms with Crippen molar-refractivity contribution in [2.75, 3.05) is 0 Å². The zero-order valence-corrected chi connectivity index (χ0v) is 13.8. The average Bonchev–Trinajstić information content (AvgIpc) is 3.08. The van der Waals surface area contributed by atoms with Gasteiger partial charge in [0.2, 0.25) is 5.91 Å². The summed E-state index contributed by atoms with van der Waals surface area (Å²) >= 11 is 2.73. The maximum atomic E-state index is 11.6. The number of nitrogens with one attached hydrogen (secondary N) is 1. The third-order valence-corrected chi connectivity index (χ3v) is 5.33. The minimum Gasteiger partial charge on any atom is -0.481 e. The first-order valence-corrected chi connectivity index (χ1v) is 8.58. The van der Waals surface area contributed by atoms with Crippen molar-refractivity contribution >= 4 is 55.9 Å². The third-order valence-electron chi connectivity index (χ3n) is 3.30. The van der Waals surface area contributed by atoms with Crippen molar-refractivity contribution in [2.45, 2.75) is 18.6 Å². The van der Waals surface area contributed by atoms with Gasteiger partial charge in [0, 0.05) is 21.0 Å². The first kappa shape index (κ1) is 15.7. The number of thiophene rings is 1. The fourth-order valence-corrected chi connectivity index (χ4v) is 4.09. The Labute approximate surface area is 140 Å². The summed E-state index contributed by atoms with van der Waals surface area (Å²) in [6, 6.07) is 8.04. The number of aliphatic carboxylic acids is 1. The molecular formula is C15H13N3O3S2. The molecule has 1 aliphatic heterocycles. The van der Waals surface area contributed by atoms with Crippen LogP contribution in [-0.2, 0) is 9.59 Å². The number of fused-ring (bicyclic) bond motifs is 1. The summed E-state index contributed by atoms with van der Waals surface area (Å²) in [6.45, 7) is 1.86. The number of carboxylic acids is 1. The Morgan fingerprint density at radius 2 is 2.17 bits per heavy atom. The number of rotatable bonds is 4. The number of amidine groups is 1. The van der Waals surface area contributed by atoms with Crippen LogP contribution in [0.25, 0.3) is 10.1 Å². The molecule has 1 atom stereocenters. The van der Waals surface area contributed by atoms with Crippen molar-refractivity contribution < 1.29 is 14.7 Å². The second-order valence-electron chi connectivity index (χ2n) is 4.93. The van der Waals surface area contributed by atoms with E-state index in [0.717, 1.165) is 28.4 Å². The van der Waals surface area contributed by atoms with Crippen LogP contribution in [-0.4, -0.2) is 33.1 Å².